The van der Waals surface area contributed by atoms with Gasteiger partial charge in [-0.05, 0) is 25.3 Å². The Morgan fingerprint density at radius 3 is 3.14 bits per heavy atom. The Morgan fingerprint density at radius 2 is 2.43 bits per heavy atom. The van der Waals surface area contributed by atoms with Crippen LogP contribution in [-0.4, -0.2) is 39.6 Å². The third kappa shape index (κ3) is 2.56. The third-order valence-electron chi connectivity index (χ3n) is 3.88. The van der Waals surface area contributed by atoms with Crippen LogP contribution < -0.4 is 5.32 Å². The van der Waals surface area contributed by atoms with E-state index in [1.165, 1.54) is 0 Å². The van der Waals surface area contributed by atoms with Gasteiger partial charge in [-0.3, -0.25) is 14.6 Å². The maximum Gasteiger partial charge on any atom is 0.272 e. The van der Waals surface area contributed by atoms with E-state index in [0.29, 0.717) is 12.3 Å². The number of carbonyl (C=O) groups excluding carboxylic acids is 1. The minimum Gasteiger partial charge on any atom is -0.382 e. The molecule has 1 aliphatic carbocycles. The van der Waals surface area contributed by atoms with Crippen molar-refractivity contribution in [1.82, 2.24) is 25.3 Å². The van der Waals surface area contributed by atoms with Gasteiger partial charge < -0.3 is 10.1 Å². The van der Waals surface area contributed by atoms with Gasteiger partial charge in [-0.2, -0.15) is 10.2 Å². The topological polar surface area (TPSA) is 84.8 Å². The molecule has 0 unspecified atom stereocenters. The van der Waals surface area contributed by atoms with Crippen LogP contribution in [0.3, 0.4) is 0 Å². The second-order valence-electron chi connectivity index (χ2n) is 5.24. The monoisotopic (exact) mass is 289 g/mol. The molecule has 0 radical (unpaired) electrons. The van der Waals surface area contributed by atoms with E-state index in [9.17, 15) is 4.79 Å². The molecule has 0 saturated heterocycles. The Hall–Kier alpha value is -2.15. The number of aryl methyl sites for hydroxylation is 2. The van der Waals surface area contributed by atoms with Crippen LogP contribution in [0, 0.1) is 0 Å². The molecule has 21 heavy (non-hydrogen) atoms. The van der Waals surface area contributed by atoms with Gasteiger partial charge in [0.05, 0.1) is 18.3 Å². The Balaban J connectivity index is 1.79. The number of amides is 1. The first-order chi connectivity index (χ1) is 10.2. The Labute approximate surface area is 122 Å². The van der Waals surface area contributed by atoms with Crippen molar-refractivity contribution in [2.45, 2.75) is 25.3 Å². The summed E-state index contributed by atoms with van der Waals surface area (Å²) < 4.78 is 6.94. The first kappa shape index (κ1) is 13.8. The maximum absolute atomic E-state index is 12.5. The van der Waals surface area contributed by atoms with Gasteiger partial charge in [-0.1, -0.05) is 0 Å². The lowest BCUT2D eigenvalue weighted by molar-refractivity contribution is 0.0886. The van der Waals surface area contributed by atoms with Gasteiger partial charge in [0.1, 0.15) is 0 Å². The lowest BCUT2D eigenvalue weighted by atomic mass is 10.1. The summed E-state index contributed by atoms with van der Waals surface area (Å²) in [5, 5.41) is 14.2. The maximum atomic E-state index is 12.5. The number of methoxy groups -OCH3 is 1. The van der Waals surface area contributed by atoms with E-state index >= 15 is 0 Å². The van der Waals surface area contributed by atoms with E-state index in [1.54, 1.807) is 18.0 Å². The van der Waals surface area contributed by atoms with Crippen molar-refractivity contribution in [2.24, 2.45) is 7.05 Å². The number of aromatic amines is 1. The molecule has 1 amide bonds. The molecule has 0 fully saturated rings. The number of hydrogen-bond donors (Lipinski definition) is 2. The van der Waals surface area contributed by atoms with Crippen LogP contribution in [0.4, 0.5) is 0 Å². The first-order valence-electron chi connectivity index (χ1n) is 7.04. The van der Waals surface area contributed by atoms with E-state index in [0.717, 1.165) is 36.2 Å². The molecule has 1 atom stereocenters. The second-order valence-corrected chi connectivity index (χ2v) is 5.24. The third-order valence-corrected chi connectivity index (χ3v) is 3.88. The summed E-state index contributed by atoms with van der Waals surface area (Å²) in [5.74, 6) is -0.169. The highest BCUT2D eigenvalue weighted by atomic mass is 16.5. The van der Waals surface area contributed by atoms with Crippen LogP contribution in [0.2, 0.25) is 0 Å². The van der Waals surface area contributed by atoms with Crippen molar-refractivity contribution in [2.75, 3.05) is 13.7 Å². The molecule has 0 spiro atoms. The van der Waals surface area contributed by atoms with Crippen molar-refractivity contribution in [3.8, 4) is 0 Å². The van der Waals surface area contributed by atoms with Crippen molar-refractivity contribution in [3.63, 3.8) is 0 Å². The number of nitrogens with zero attached hydrogens (tertiary/aromatic N) is 3. The molecular formula is C14H19N5O2. The average Bonchev–Trinajstić information content (AvgIpc) is 3.13. The molecule has 0 saturated carbocycles. The van der Waals surface area contributed by atoms with Crippen LogP contribution >= 0.6 is 0 Å². The summed E-state index contributed by atoms with van der Waals surface area (Å²) in [6.45, 7) is 0.387. The smallest absolute Gasteiger partial charge is 0.272 e. The zero-order chi connectivity index (χ0) is 14.8. The van der Waals surface area contributed by atoms with E-state index in [4.69, 9.17) is 4.74 Å². The molecule has 7 heteroatoms. The number of fused-ring (bicyclic) bond motifs is 1. The van der Waals surface area contributed by atoms with E-state index in [2.05, 4.69) is 20.6 Å². The molecule has 0 bridgehead atoms. The molecule has 2 heterocycles. The largest absolute Gasteiger partial charge is 0.382 e. The Morgan fingerprint density at radius 1 is 1.57 bits per heavy atom. The fourth-order valence-electron chi connectivity index (χ4n) is 2.83. The summed E-state index contributed by atoms with van der Waals surface area (Å²) in [6, 6.07) is 1.63. The fraction of sp³-hybridized carbons (Fsp3) is 0.500. The standard InChI is InChI=1S/C14H19N5O2/c1-19-12(6-7-15-19)11(8-21-2)16-14(20)13-9-4-3-5-10(9)17-18-13/h6-7,11H,3-5,8H2,1-2H3,(H,16,20)(H,17,18)/t11-/m0/s1. The van der Waals surface area contributed by atoms with Crippen molar-refractivity contribution >= 4 is 5.91 Å². The number of hydrogen-bond acceptors (Lipinski definition) is 4. The molecule has 0 aromatic carbocycles. The van der Waals surface area contributed by atoms with Crippen LogP contribution in [-0.2, 0) is 24.6 Å². The molecule has 0 aliphatic heterocycles. The second kappa shape index (κ2) is 5.69. The van der Waals surface area contributed by atoms with E-state index in [1.807, 2.05) is 13.1 Å². The summed E-state index contributed by atoms with van der Waals surface area (Å²) in [4.78, 5) is 12.5. The van der Waals surface area contributed by atoms with Gasteiger partial charge in [0, 0.05) is 31.6 Å². The minimum atomic E-state index is -0.247. The molecule has 2 aromatic heterocycles. The van der Waals surface area contributed by atoms with Crippen LogP contribution in [0.25, 0.3) is 0 Å². The fourth-order valence-corrected chi connectivity index (χ4v) is 2.83. The predicted molar refractivity (Wildman–Crippen MR) is 75.9 cm³/mol. The van der Waals surface area contributed by atoms with Gasteiger partial charge >= 0.3 is 0 Å². The normalized spacial score (nSPS) is 15.0. The Bertz CT molecular complexity index is 646. The number of carbonyl (C=O) groups is 1. The summed E-state index contributed by atoms with van der Waals surface area (Å²) >= 11 is 0. The quantitative estimate of drug-likeness (QED) is 0.850. The molecular weight excluding hydrogens is 270 g/mol. The van der Waals surface area contributed by atoms with Gasteiger partial charge in [0.15, 0.2) is 5.69 Å². The van der Waals surface area contributed by atoms with Crippen molar-refractivity contribution < 1.29 is 9.53 Å². The highest BCUT2D eigenvalue weighted by Crippen LogP contribution is 2.23. The molecule has 7 nitrogen and oxygen atoms in total. The summed E-state index contributed by atoms with van der Waals surface area (Å²) in [7, 11) is 3.46. The highest BCUT2D eigenvalue weighted by Gasteiger charge is 2.25. The van der Waals surface area contributed by atoms with Crippen molar-refractivity contribution in [1.29, 1.82) is 0 Å². The van der Waals surface area contributed by atoms with Gasteiger partial charge in [-0.25, -0.2) is 0 Å². The molecule has 1 aliphatic rings. The number of nitrogens with one attached hydrogen (secondary N) is 2. The van der Waals surface area contributed by atoms with Crippen LogP contribution in [0.1, 0.15) is 39.9 Å². The SMILES string of the molecule is COC[C@H](NC(=O)c1n[nH]c2c1CCC2)c1ccnn1C. The van der Waals surface area contributed by atoms with E-state index < -0.39 is 0 Å². The van der Waals surface area contributed by atoms with Gasteiger partial charge in [-0.15, -0.1) is 0 Å². The van der Waals surface area contributed by atoms with Crippen molar-refractivity contribution in [3.05, 3.63) is 34.9 Å². The van der Waals surface area contributed by atoms with E-state index in [-0.39, 0.29) is 11.9 Å². The van der Waals surface area contributed by atoms with Gasteiger partial charge in [0.25, 0.3) is 5.91 Å². The molecule has 2 N–H and O–H groups in total. The Kier molecular flexibility index (Phi) is 3.74. The zero-order valence-electron chi connectivity index (χ0n) is 12.2. The zero-order valence-corrected chi connectivity index (χ0v) is 12.2. The molecule has 3 rings (SSSR count). The predicted octanol–water partition coefficient (Wildman–Crippen LogP) is 0.749. The van der Waals surface area contributed by atoms with Crippen LogP contribution in [0.5, 0.6) is 0 Å². The number of rotatable bonds is 5. The first-order valence-corrected chi connectivity index (χ1v) is 7.04. The highest BCUT2D eigenvalue weighted by molar-refractivity contribution is 5.94. The van der Waals surface area contributed by atoms with Crippen LogP contribution in [0.15, 0.2) is 12.3 Å². The number of aromatic nitrogens is 4. The molecule has 2 aromatic rings. The lowest BCUT2D eigenvalue weighted by Gasteiger charge is -2.17. The lowest BCUT2D eigenvalue weighted by Crippen LogP contribution is -2.33. The minimum absolute atomic E-state index is 0.169. The number of ether oxygens (including phenoxy) is 1. The summed E-state index contributed by atoms with van der Waals surface area (Å²) in [5.41, 5.74) is 3.54. The van der Waals surface area contributed by atoms with Gasteiger partial charge in [0.2, 0.25) is 0 Å². The number of H-pyrrole nitrogens is 1. The summed E-state index contributed by atoms with van der Waals surface area (Å²) in [6.07, 6.45) is 4.66. The average molecular weight is 289 g/mol. The molecule has 112 valence electrons.